The molecule has 0 spiro atoms. The van der Waals surface area contributed by atoms with Crippen molar-refractivity contribution in [2.24, 2.45) is 0 Å². The topological polar surface area (TPSA) is 0 Å². The molecule has 0 aliphatic heterocycles. The van der Waals surface area contributed by atoms with Crippen molar-refractivity contribution in [1.82, 2.24) is 0 Å². The number of hydrogen-bond donors (Lipinski definition) is 0. The molecule has 0 N–H and O–H groups in total. The van der Waals surface area contributed by atoms with Crippen molar-refractivity contribution < 1.29 is 0 Å². The van der Waals surface area contributed by atoms with Gasteiger partial charge in [0, 0.05) is 4.95 Å². The summed E-state index contributed by atoms with van der Waals surface area (Å²) in [6.45, 7) is 21.8. The van der Waals surface area contributed by atoms with Crippen LogP contribution in [0.3, 0.4) is 0 Å². The molecule has 0 amide bonds. The standard InChI is InChI=1S/C13H29BrSi/c1-11(2,3)15(10-14,12(4,5)6)13(7,8)9/h10H2,1-9H3. The monoisotopic (exact) mass is 292 g/mol. The maximum atomic E-state index is 3.84. The van der Waals surface area contributed by atoms with Crippen molar-refractivity contribution in [2.75, 3.05) is 4.95 Å². The van der Waals surface area contributed by atoms with Crippen LogP contribution < -0.4 is 0 Å². The lowest BCUT2D eigenvalue weighted by Gasteiger charge is -2.58. The first kappa shape index (κ1) is 15.7. The summed E-state index contributed by atoms with van der Waals surface area (Å²) in [5.74, 6) is 0. The van der Waals surface area contributed by atoms with Crippen molar-refractivity contribution in [2.45, 2.75) is 77.4 Å². The molecule has 0 radical (unpaired) electrons. The molecule has 15 heavy (non-hydrogen) atoms. The zero-order valence-corrected chi connectivity index (χ0v) is 14.7. The fourth-order valence-corrected chi connectivity index (χ4v) is 19.5. The highest BCUT2D eigenvalue weighted by Crippen LogP contribution is 2.62. The Balaban J connectivity index is 5.78. The quantitative estimate of drug-likeness (QED) is 0.425. The fourth-order valence-electron chi connectivity index (χ4n) is 3.98. The van der Waals surface area contributed by atoms with Gasteiger partial charge in [0.2, 0.25) is 0 Å². The molecule has 0 saturated carbocycles. The average Bonchev–Trinajstić information content (AvgIpc) is 1.76. The minimum atomic E-state index is -1.46. The molecule has 0 bridgehead atoms. The highest BCUT2D eigenvalue weighted by atomic mass is 79.9. The Labute approximate surface area is 106 Å². The number of halogens is 1. The predicted molar refractivity (Wildman–Crippen MR) is 78.7 cm³/mol. The first-order valence-corrected chi connectivity index (χ1v) is 9.20. The summed E-state index contributed by atoms with van der Waals surface area (Å²) in [4.78, 5) is 1.19. The van der Waals surface area contributed by atoms with Crippen LogP contribution >= 0.6 is 15.9 Å². The molecule has 0 rings (SSSR count). The lowest BCUT2D eigenvalue weighted by Crippen LogP contribution is -2.60. The smallest absolute Gasteiger partial charge is 0.0806 e. The van der Waals surface area contributed by atoms with Gasteiger partial charge in [-0.05, 0) is 15.1 Å². The van der Waals surface area contributed by atoms with Crippen LogP contribution in [0.25, 0.3) is 0 Å². The molecule has 0 atom stereocenters. The molecule has 0 nitrogen and oxygen atoms in total. The molecular formula is C13H29BrSi. The lowest BCUT2D eigenvalue weighted by atomic mass is 10.2. The van der Waals surface area contributed by atoms with E-state index in [1.165, 1.54) is 4.95 Å². The van der Waals surface area contributed by atoms with Gasteiger partial charge in [-0.2, -0.15) is 0 Å². The minimum absolute atomic E-state index is 0.424. The van der Waals surface area contributed by atoms with Gasteiger partial charge in [-0.15, -0.1) is 0 Å². The van der Waals surface area contributed by atoms with Crippen LogP contribution in [0.15, 0.2) is 0 Å². The number of alkyl halides is 1. The first-order valence-electron chi connectivity index (χ1n) is 5.87. The van der Waals surface area contributed by atoms with Crippen LogP contribution in [0.5, 0.6) is 0 Å². The van der Waals surface area contributed by atoms with Gasteiger partial charge in [0.25, 0.3) is 0 Å². The molecule has 0 aromatic heterocycles. The van der Waals surface area contributed by atoms with E-state index in [0.29, 0.717) is 15.1 Å². The van der Waals surface area contributed by atoms with Crippen LogP contribution in [0, 0.1) is 0 Å². The highest BCUT2D eigenvalue weighted by Gasteiger charge is 2.58. The predicted octanol–water partition coefficient (Wildman–Crippen LogP) is 5.77. The largest absolute Gasteiger partial charge is 0.0961 e. The highest BCUT2D eigenvalue weighted by molar-refractivity contribution is 9.09. The van der Waals surface area contributed by atoms with E-state index in [1.807, 2.05) is 0 Å². The van der Waals surface area contributed by atoms with Crippen LogP contribution in [-0.2, 0) is 0 Å². The molecule has 92 valence electrons. The van der Waals surface area contributed by atoms with Crippen LogP contribution in [0.4, 0.5) is 0 Å². The van der Waals surface area contributed by atoms with E-state index in [9.17, 15) is 0 Å². The molecule has 0 aromatic rings. The van der Waals surface area contributed by atoms with Gasteiger partial charge in [-0.25, -0.2) is 0 Å². The Morgan fingerprint density at radius 1 is 0.667 bits per heavy atom. The van der Waals surface area contributed by atoms with Crippen LogP contribution in [0.1, 0.15) is 62.3 Å². The van der Waals surface area contributed by atoms with Gasteiger partial charge in [0.15, 0.2) is 0 Å². The maximum Gasteiger partial charge on any atom is 0.0806 e. The maximum absolute atomic E-state index is 3.84. The SMILES string of the molecule is CC(C)(C)[Si](CBr)(C(C)(C)C)C(C)(C)C. The van der Waals surface area contributed by atoms with Gasteiger partial charge in [0.1, 0.15) is 0 Å². The van der Waals surface area contributed by atoms with E-state index < -0.39 is 8.07 Å². The van der Waals surface area contributed by atoms with E-state index in [2.05, 4.69) is 78.2 Å². The summed E-state index contributed by atoms with van der Waals surface area (Å²) in [6, 6.07) is 0. The fraction of sp³-hybridized carbons (Fsp3) is 1.00. The molecule has 0 fully saturated rings. The Hall–Kier alpha value is 0.697. The third-order valence-electron chi connectivity index (χ3n) is 4.04. The Bertz CT molecular complexity index is 176. The van der Waals surface area contributed by atoms with Gasteiger partial charge in [0.05, 0.1) is 8.07 Å². The van der Waals surface area contributed by atoms with Crippen LogP contribution in [0.2, 0.25) is 15.1 Å². The van der Waals surface area contributed by atoms with E-state index in [0.717, 1.165) is 0 Å². The summed E-state index contributed by atoms with van der Waals surface area (Å²) < 4.78 is 0. The third-order valence-corrected chi connectivity index (χ3v) is 14.6. The summed E-state index contributed by atoms with van der Waals surface area (Å²) >= 11 is 3.84. The first-order chi connectivity index (χ1) is 6.31. The molecule has 0 saturated heterocycles. The van der Waals surface area contributed by atoms with E-state index in [1.54, 1.807) is 0 Å². The van der Waals surface area contributed by atoms with Crippen molar-refractivity contribution >= 4 is 24.0 Å². The van der Waals surface area contributed by atoms with Gasteiger partial charge < -0.3 is 0 Å². The summed E-state index contributed by atoms with van der Waals surface area (Å²) in [6.07, 6.45) is 0. The second-order valence-corrected chi connectivity index (χ2v) is 16.0. The van der Waals surface area contributed by atoms with Crippen molar-refractivity contribution in [3.8, 4) is 0 Å². The molecule has 0 aromatic carbocycles. The molecule has 0 heterocycles. The van der Waals surface area contributed by atoms with Gasteiger partial charge in [-0.1, -0.05) is 78.2 Å². The number of hydrogen-bond acceptors (Lipinski definition) is 0. The molecule has 0 aliphatic carbocycles. The van der Waals surface area contributed by atoms with Gasteiger partial charge in [-0.3, -0.25) is 0 Å². The lowest BCUT2D eigenvalue weighted by molar-refractivity contribution is 0.537. The third kappa shape index (κ3) is 2.51. The normalized spacial score (nSPS) is 15.6. The average molecular weight is 293 g/mol. The second kappa shape index (κ2) is 4.18. The van der Waals surface area contributed by atoms with E-state index >= 15 is 0 Å². The molecule has 2 heteroatoms. The minimum Gasteiger partial charge on any atom is -0.0961 e. The molecule has 0 unspecified atom stereocenters. The Morgan fingerprint density at radius 2 is 0.867 bits per heavy atom. The molecule has 0 aliphatic rings. The Morgan fingerprint density at radius 3 is 0.867 bits per heavy atom. The zero-order valence-electron chi connectivity index (χ0n) is 12.1. The van der Waals surface area contributed by atoms with Crippen molar-refractivity contribution in [1.29, 1.82) is 0 Å². The Kier molecular flexibility index (Phi) is 4.37. The second-order valence-electron chi connectivity index (χ2n) is 7.79. The summed E-state index contributed by atoms with van der Waals surface area (Å²) in [7, 11) is -1.46. The van der Waals surface area contributed by atoms with Crippen molar-refractivity contribution in [3.63, 3.8) is 0 Å². The van der Waals surface area contributed by atoms with E-state index in [-0.39, 0.29) is 0 Å². The van der Waals surface area contributed by atoms with Crippen molar-refractivity contribution in [3.05, 3.63) is 0 Å². The number of rotatable bonds is 1. The van der Waals surface area contributed by atoms with Gasteiger partial charge >= 0.3 is 0 Å². The summed E-state index contributed by atoms with van der Waals surface area (Å²) in [5, 5.41) is 1.27. The summed E-state index contributed by atoms with van der Waals surface area (Å²) in [5.41, 5.74) is 0. The van der Waals surface area contributed by atoms with E-state index in [4.69, 9.17) is 0 Å². The van der Waals surface area contributed by atoms with Crippen LogP contribution in [-0.4, -0.2) is 13.0 Å². The zero-order chi connectivity index (χ0) is 12.7. The molecular weight excluding hydrogens is 264 g/mol.